The first kappa shape index (κ1) is 14.4. The molecule has 0 saturated carbocycles. The summed E-state index contributed by atoms with van der Waals surface area (Å²) < 4.78 is 5.21. The van der Waals surface area contributed by atoms with Crippen molar-refractivity contribution in [3.05, 3.63) is 34.4 Å². The van der Waals surface area contributed by atoms with Gasteiger partial charge in [0.25, 0.3) is 5.91 Å². The highest BCUT2D eigenvalue weighted by Gasteiger charge is 2.21. The average molecular weight is 291 g/mol. The maximum Gasteiger partial charge on any atom is 0.264 e. The summed E-state index contributed by atoms with van der Waals surface area (Å²) in [5.74, 6) is 0.350. The Morgan fingerprint density at radius 3 is 2.75 bits per heavy atom. The summed E-state index contributed by atoms with van der Waals surface area (Å²) in [4.78, 5) is 13.9. The Hall–Kier alpha value is -1.99. The number of carbonyl (C=O) groups excluding carboxylic acids is 1. The van der Waals surface area contributed by atoms with Crippen molar-refractivity contribution < 1.29 is 9.53 Å². The Morgan fingerprint density at radius 2 is 2.15 bits per heavy atom. The minimum Gasteiger partial charge on any atom is -0.496 e. The number of nitrogens with zero attached hydrogens (tertiary/aromatic N) is 2. The van der Waals surface area contributed by atoms with Crippen LogP contribution in [0.1, 0.15) is 18.4 Å². The highest BCUT2D eigenvalue weighted by molar-refractivity contribution is 6.30. The second-order valence-corrected chi connectivity index (χ2v) is 4.99. The fraction of sp³-hybridized carbons (Fsp3) is 0.333. The lowest BCUT2D eigenvalue weighted by Gasteiger charge is -2.14. The fourth-order valence-corrected chi connectivity index (χ4v) is 2.39. The van der Waals surface area contributed by atoms with Gasteiger partial charge in [0.1, 0.15) is 17.4 Å². The third-order valence-electron chi connectivity index (χ3n) is 3.24. The molecule has 1 aliphatic rings. The highest BCUT2D eigenvalue weighted by atomic mass is 35.5. The van der Waals surface area contributed by atoms with E-state index in [1.165, 1.54) is 13.2 Å². The molecule has 0 spiro atoms. The summed E-state index contributed by atoms with van der Waals surface area (Å²) in [5, 5.41) is 9.74. The van der Waals surface area contributed by atoms with Crippen LogP contribution < -0.4 is 4.74 Å². The van der Waals surface area contributed by atoms with Gasteiger partial charge in [-0.05, 0) is 37.1 Å². The third kappa shape index (κ3) is 3.12. The van der Waals surface area contributed by atoms with Crippen LogP contribution >= 0.6 is 11.6 Å². The van der Waals surface area contributed by atoms with Gasteiger partial charge in [0.2, 0.25) is 0 Å². The summed E-state index contributed by atoms with van der Waals surface area (Å²) >= 11 is 5.94. The molecule has 104 valence electrons. The lowest BCUT2D eigenvalue weighted by atomic mass is 10.1. The van der Waals surface area contributed by atoms with E-state index in [0.29, 0.717) is 29.4 Å². The third-order valence-corrected chi connectivity index (χ3v) is 3.47. The van der Waals surface area contributed by atoms with Crippen molar-refractivity contribution in [3.8, 4) is 11.8 Å². The zero-order valence-electron chi connectivity index (χ0n) is 11.2. The number of carbonyl (C=O) groups is 1. The van der Waals surface area contributed by atoms with E-state index in [4.69, 9.17) is 16.3 Å². The van der Waals surface area contributed by atoms with E-state index in [9.17, 15) is 10.1 Å². The molecular formula is C15H15ClN2O2. The van der Waals surface area contributed by atoms with E-state index in [0.717, 1.165) is 12.8 Å². The van der Waals surface area contributed by atoms with Gasteiger partial charge in [-0.1, -0.05) is 11.6 Å². The number of nitriles is 1. The second kappa shape index (κ2) is 6.44. The molecule has 1 aromatic rings. The lowest BCUT2D eigenvalue weighted by Crippen LogP contribution is -2.28. The summed E-state index contributed by atoms with van der Waals surface area (Å²) in [6, 6.07) is 7.06. The van der Waals surface area contributed by atoms with E-state index >= 15 is 0 Å². The van der Waals surface area contributed by atoms with E-state index in [2.05, 4.69) is 0 Å². The van der Waals surface area contributed by atoms with E-state index in [-0.39, 0.29) is 11.5 Å². The minimum atomic E-state index is -0.230. The predicted molar refractivity (Wildman–Crippen MR) is 77.4 cm³/mol. The molecule has 5 heteroatoms. The van der Waals surface area contributed by atoms with Gasteiger partial charge in [-0.15, -0.1) is 0 Å². The lowest BCUT2D eigenvalue weighted by molar-refractivity contribution is -0.125. The van der Waals surface area contributed by atoms with E-state index in [1.807, 2.05) is 6.07 Å². The molecule has 2 rings (SSSR count). The number of halogens is 1. The van der Waals surface area contributed by atoms with Crippen LogP contribution in [0.5, 0.6) is 5.75 Å². The van der Waals surface area contributed by atoms with Gasteiger partial charge >= 0.3 is 0 Å². The number of hydrogen-bond donors (Lipinski definition) is 0. The van der Waals surface area contributed by atoms with Gasteiger partial charge in [0.05, 0.1) is 7.11 Å². The largest absolute Gasteiger partial charge is 0.496 e. The Kier molecular flexibility index (Phi) is 4.65. The van der Waals surface area contributed by atoms with Crippen LogP contribution in [0.4, 0.5) is 0 Å². The van der Waals surface area contributed by atoms with Crippen molar-refractivity contribution in [1.29, 1.82) is 5.26 Å². The van der Waals surface area contributed by atoms with Gasteiger partial charge < -0.3 is 9.64 Å². The van der Waals surface area contributed by atoms with Crippen LogP contribution in [0.15, 0.2) is 23.8 Å². The van der Waals surface area contributed by atoms with Crippen molar-refractivity contribution in [2.45, 2.75) is 12.8 Å². The number of amides is 1. The molecule has 4 nitrogen and oxygen atoms in total. The molecule has 0 N–H and O–H groups in total. The summed E-state index contributed by atoms with van der Waals surface area (Å²) in [6.07, 6.45) is 3.52. The molecule has 1 saturated heterocycles. The van der Waals surface area contributed by atoms with Crippen LogP contribution in [0.2, 0.25) is 5.02 Å². The maximum absolute atomic E-state index is 12.2. The van der Waals surface area contributed by atoms with Gasteiger partial charge in [-0.3, -0.25) is 4.79 Å². The van der Waals surface area contributed by atoms with Crippen LogP contribution in [0, 0.1) is 11.3 Å². The van der Waals surface area contributed by atoms with Gasteiger partial charge in [-0.2, -0.15) is 5.26 Å². The van der Waals surface area contributed by atoms with Crippen molar-refractivity contribution in [1.82, 2.24) is 4.90 Å². The van der Waals surface area contributed by atoms with Crippen molar-refractivity contribution >= 4 is 23.6 Å². The standard InChI is InChI=1S/C15H15ClN2O2/c1-20-14-5-4-13(16)9-11(14)8-12(10-17)15(19)18-6-2-3-7-18/h4-5,8-9H,2-3,6-7H2,1H3/b12-8+. The predicted octanol–water partition coefficient (Wildman–Crippen LogP) is 2.88. The first-order valence-corrected chi connectivity index (χ1v) is 6.78. The molecule has 0 radical (unpaired) electrons. The quantitative estimate of drug-likeness (QED) is 0.635. The number of likely N-dealkylation sites (tertiary alicyclic amines) is 1. The molecule has 1 fully saturated rings. The first-order chi connectivity index (χ1) is 9.65. The smallest absolute Gasteiger partial charge is 0.264 e. The van der Waals surface area contributed by atoms with Crippen molar-refractivity contribution in [2.75, 3.05) is 20.2 Å². The van der Waals surface area contributed by atoms with Crippen molar-refractivity contribution in [2.24, 2.45) is 0 Å². The SMILES string of the molecule is COc1ccc(Cl)cc1/C=C(\C#N)C(=O)N1CCCC1. The van der Waals surface area contributed by atoms with Crippen LogP contribution in [0.3, 0.4) is 0 Å². The first-order valence-electron chi connectivity index (χ1n) is 6.40. The Labute approximate surface area is 123 Å². The number of rotatable bonds is 3. The van der Waals surface area contributed by atoms with Gasteiger partial charge in [0, 0.05) is 23.7 Å². The zero-order valence-corrected chi connectivity index (χ0v) is 12.0. The molecule has 0 aliphatic carbocycles. The molecule has 20 heavy (non-hydrogen) atoms. The van der Waals surface area contributed by atoms with Crippen molar-refractivity contribution in [3.63, 3.8) is 0 Å². The topological polar surface area (TPSA) is 53.3 Å². The monoisotopic (exact) mass is 290 g/mol. The molecule has 0 bridgehead atoms. The molecule has 0 aromatic heterocycles. The Bertz CT molecular complexity index is 584. The van der Waals surface area contributed by atoms with Crippen LogP contribution in [-0.4, -0.2) is 31.0 Å². The summed E-state index contributed by atoms with van der Waals surface area (Å²) in [6.45, 7) is 1.43. The highest BCUT2D eigenvalue weighted by Crippen LogP contribution is 2.25. The second-order valence-electron chi connectivity index (χ2n) is 4.56. The molecule has 1 aromatic carbocycles. The van der Waals surface area contributed by atoms with Crippen LogP contribution in [0.25, 0.3) is 6.08 Å². The molecule has 1 heterocycles. The summed E-state index contributed by atoms with van der Waals surface area (Å²) in [5.41, 5.74) is 0.733. The minimum absolute atomic E-state index is 0.104. The molecule has 0 unspecified atom stereocenters. The zero-order chi connectivity index (χ0) is 14.5. The number of ether oxygens (including phenoxy) is 1. The molecular weight excluding hydrogens is 276 g/mol. The Balaban J connectivity index is 2.33. The Morgan fingerprint density at radius 1 is 1.45 bits per heavy atom. The van der Waals surface area contributed by atoms with Gasteiger partial charge in [0.15, 0.2) is 0 Å². The van der Waals surface area contributed by atoms with Gasteiger partial charge in [-0.25, -0.2) is 0 Å². The molecule has 0 atom stereocenters. The average Bonchev–Trinajstić information content (AvgIpc) is 2.98. The normalized spacial score (nSPS) is 15.1. The fourth-order valence-electron chi connectivity index (χ4n) is 2.21. The summed E-state index contributed by atoms with van der Waals surface area (Å²) in [7, 11) is 1.54. The number of benzene rings is 1. The van der Waals surface area contributed by atoms with E-state index < -0.39 is 0 Å². The maximum atomic E-state index is 12.2. The number of methoxy groups -OCH3 is 1. The van der Waals surface area contributed by atoms with E-state index in [1.54, 1.807) is 23.1 Å². The van der Waals surface area contributed by atoms with Crippen LogP contribution in [-0.2, 0) is 4.79 Å². The number of hydrogen-bond acceptors (Lipinski definition) is 3. The molecule has 1 aliphatic heterocycles. The molecule has 1 amide bonds.